The molecule has 3 fully saturated rings. The Morgan fingerprint density at radius 1 is 0.812 bits per heavy atom. The molecule has 3 rings (SSSR count). The minimum Gasteiger partial charge on any atom is -0.462 e. The highest BCUT2D eigenvalue weighted by Gasteiger charge is 2.76. The molecule has 1 saturated heterocycles. The standard InChI is InChI=1S/C42H58O6/c1-29(18-14-19-31(3)22-23-37-38(6,7)26-35(47-33(5)43)27-40(37,10)46)16-12-13-17-30(2)20-15-21-32(4)36(45)28-42-39(8,9)24-34(44)25-41(42,11)48-42/h12-22,34-35,44,46H,24-28H2,1-11H3/b13-12+,18-14+,20-15+,29-16-,30-17+,31-19-,32-21+/t23?,34-,35-,40-,41+,42-/m0/s1. The number of carbonyl (C=O) groups excluding carboxylic acids is 2. The van der Waals surface area contributed by atoms with Crippen LogP contribution in [0.2, 0.25) is 0 Å². The van der Waals surface area contributed by atoms with Crippen LogP contribution in [0.1, 0.15) is 108 Å². The van der Waals surface area contributed by atoms with Gasteiger partial charge in [-0.3, -0.25) is 9.59 Å². The molecule has 6 heteroatoms. The molecule has 2 N–H and O–H groups in total. The Kier molecular flexibility index (Phi) is 12.3. The van der Waals surface area contributed by atoms with Gasteiger partial charge in [-0.2, -0.15) is 0 Å². The highest BCUT2D eigenvalue weighted by atomic mass is 16.6. The zero-order valence-corrected chi connectivity index (χ0v) is 31.1. The van der Waals surface area contributed by atoms with Crippen LogP contribution < -0.4 is 0 Å². The SMILES string of the molecule is CC(=O)O[C@H]1CC(C)(C)C(=C=C\C(C)=C/C=C/C(C)=C\C=C\C=C(C)\C=C\C=C(/C)C(=O)C[C@@]23O[C@]2(C)C[C@@H](O)CC3(C)C)[C@@](C)(O)C1. The fourth-order valence-electron chi connectivity index (χ4n) is 7.76. The predicted octanol–water partition coefficient (Wildman–Crippen LogP) is 8.69. The number of aliphatic hydroxyl groups excluding tert-OH is 1. The monoisotopic (exact) mass is 658 g/mol. The van der Waals surface area contributed by atoms with E-state index in [4.69, 9.17) is 9.47 Å². The number of ketones is 1. The number of allylic oxidation sites excluding steroid dienone is 14. The molecule has 1 aliphatic heterocycles. The summed E-state index contributed by atoms with van der Waals surface area (Å²) in [6, 6.07) is 0. The number of esters is 1. The molecular formula is C42H58O6. The van der Waals surface area contributed by atoms with E-state index in [1.54, 1.807) is 6.92 Å². The van der Waals surface area contributed by atoms with Crippen LogP contribution in [0.25, 0.3) is 0 Å². The third-order valence-corrected chi connectivity index (χ3v) is 10.1. The number of ether oxygens (including phenoxy) is 2. The summed E-state index contributed by atoms with van der Waals surface area (Å²) in [5.74, 6) is -0.244. The van der Waals surface area contributed by atoms with Crippen molar-refractivity contribution in [1.29, 1.82) is 0 Å². The van der Waals surface area contributed by atoms with Crippen LogP contribution in [-0.4, -0.2) is 51.0 Å². The van der Waals surface area contributed by atoms with Crippen molar-refractivity contribution in [2.24, 2.45) is 10.8 Å². The smallest absolute Gasteiger partial charge is 0.302 e. The van der Waals surface area contributed by atoms with Crippen LogP contribution >= 0.6 is 0 Å². The molecule has 3 aliphatic rings. The summed E-state index contributed by atoms with van der Waals surface area (Å²) in [5.41, 5.74) is 5.35. The maximum Gasteiger partial charge on any atom is 0.302 e. The second kappa shape index (κ2) is 15.1. The topological polar surface area (TPSA) is 96.4 Å². The summed E-state index contributed by atoms with van der Waals surface area (Å²) in [4.78, 5) is 24.5. The second-order valence-electron chi connectivity index (χ2n) is 15.9. The van der Waals surface area contributed by atoms with Gasteiger partial charge in [0.15, 0.2) is 5.78 Å². The van der Waals surface area contributed by atoms with Crippen molar-refractivity contribution >= 4 is 11.8 Å². The third-order valence-electron chi connectivity index (χ3n) is 10.1. The van der Waals surface area contributed by atoms with Crippen molar-refractivity contribution in [1.82, 2.24) is 0 Å². The lowest BCUT2D eigenvalue weighted by molar-refractivity contribution is -0.152. The van der Waals surface area contributed by atoms with Crippen molar-refractivity contribution in [3.05, 3.63) is 100 Å². The summed E-state index contributed by atoms with van der Waals surface area (Å²) >= 11 is 0. The lowest BCUT2D eigenvalue weighted by atomic mass is 9.61. The number of hydrogen-bond acceptors (Lipinski definition) is 6. The average molecular weight is 659 g/mol. The number of rotatable bonds is 11. The van der Waals surface area contributed by atoms with Crippen molar-refractivity contribution in [3.8, 4) is 0 Å². The van der Waals surface area contributed by atoms with E-state index in [9.17, 15) is 19.8 Å². The lowest BCUT2D eigenvalue weighted by Gasteiger charge is -2.44. The molecule has 0 spiro atoms. The van der Waals surface area contributed by atoms with E-state index < -0.39 is 16.8 Å². The first-order valence-electron chi connectivity index (χ1n) is 17.1. The van der Waals surface area contributed by atoms with Gasteiger partial charge in [-0.15, -0.1) is 5.73 Å². The Balaban J connectivity index is 1.54. The normalized spacial score (nSPS) is 32.4. The maximum absolute atomic E-state index is 13.1. The fourth-order valence-corrected chi connectivity index (χ4v) is 7.76. The van der Waals surface area contributed by atoms with Crippen LogP contribution in [0.3, 0.4) is 0 Å². The Labute approximate surface area is 289 Å². The van der Waals surface area contributed by atoms with Gasteiger partial charge in [0.1, 0.15) is 11.7 Å². The summed E-state index contributed by atoms with van der Waals surface area (Å²) in [5, 5.41) is 21.4. The minimum absolute atomic E-state index is 0.0816. The van der Waals surface area contributed by atoms with E-state index in [0.29, 0.717) is 37.7 Å². The van der Waals surface area contributed by atoms with Gasteiger partial charge in [0, 0.05) is 31.8 Å². The molecule has 0 amide bonds. The Morgan fingerprint density at radius 3 is 1.92 bits per heavy atom. The van der Waals surface area contributed by atoms with Crippen LogP contribution in [0.5, 0.6) is 0 Å². The average Bonchev–Trinajstić information content (AvgIpc) is 3.53. The van der Waals surface area contributed by atoms with Crippen molar-refractivity contribution in [2.45, 2.75) is 137 Å². The number of epoxide rings is 1. The molecule has 0 bridgehead atoms. The molecule has 5 atom stereocenters. The molecule has 2 aliphatic carbocycles. The molecule has 0 aromatic heterocycles. The molecular weight excluding hydrogens is 600 g/mol. The van der Waals surface area contributed by atoms with Crippen LogP contribution in [0.4, 0.5) is 0 Å². The first-order chi connectivity index (χ1) is 22.1. The molecule has 6 nitrogen and oxygen atoms in total. The highest BCUT2D eigenvalue weighted by Crippen LogP contribution is 2.67. The molecule has 2 saturated carbocycles. The molecule has 0 aromatic rings. The van der Waals surface area contributed by atoms with Gasteiger partial charge in [-0.05, 0) is 82.4 Å². The summed E-state index contributed by atoms with van der Waals surface area (Å²) in [6.45, 7) is 21.4. The fraction of sp³-hybridized carbons (Fsp3) is 0.548. The Hall–Kier alpha value is -3.28. The second-order valence-corrected chi connectivity index (χ2v) is 15.9. The quantitative estimate of drug-likeness (QED) is 0.0758. The van der Waals surface area contributed by atoms with Crippen molar-refractivity contribution in [3.63, 3.8) is 0 Å². The minimum atomic E-state index is -1.11. The van der Waals surface area contributed by atoms with Gasteiger partial charge < -0.3 is 19.7 Å². The van der Waals surface area contributed by atoms with Crippen LogP contribution in [0, 0.1) is 10.8 Å². The predicted molar refractivity (Wildman–Crippen MR) is 194 cm³/mol. The van der Waals surface area contributed by atoms with Gasteiger partial charge >= 0.3 is 5.97 Å². The summed E-state index contributed by atoms with van der Waals surface area (Å²) < 4.78 is 11.6. The van der Waals surface area contributed by atoms with Gasteiger partial charge in [-0.25, -0.2) is 0 Å². The molecule has 0 unspecified atom stereocenters. The summed E-state index contributed by atoms with van der Waals surface area (Å²) in [7, 11) is 0. The van der Waals surface area contributed by atoms with E-state index in [1.807, 2.05) is 115 Å². The van der Waals surface area contributed by atoms with Crippen molar-refractivity contribution in [2.75, 3.05) is 0 Å². The third kappa shape index (κ3) is 9.66. The van der Waals surface area contributed by atoms with Crippen LogP contribution in [0.15, 0.2) is 100 Å². The number of aliphatic hydroxyl groups is 2. The molecule has 262 valence electrons. The van der Waals surface area contributed by atoms with E-state index in [-0.39, 0.29) is 34.8 Å². The Morgan fingerprint density at radius 2 is 1.38 bits per heavy atom. The lowest BCUT2D eigenvalue weighted by Crippen LogP contribution is -2.48. The number of hydrogen-bond donors (Lipinski definition) is 2. The zero-order chi connectivity index (χ0) is 36.1. The van der Waals surface area contributed by atoms with Gasteiger partial charge in [-0.1, -0.05) is 99.6 Å². The first kappa shape index (κ1) is 39.2. The largest absolute Gasteiger partial charge is 0.462 e. The number of fused-ring (bicyclic) bond motifs is 1. The molecule has 1 heterocycles. The summed E-state index contributed by atoms with van der Waals surface area (Å²) in [6.07, 6.45) is 23.6. The van der Waals surface area contributed by atoms with E-state index in [1.165, 1.54) is 6.92 Å². The molecule has 0 radical (unpaired) electrons. The van der Waals surface area contributed by atoms with Gasteiger partial charge in [0.2, 0.25) is 0 Å². The van der Waals surface area contributed by atoms with E-state index in [0.717, 1.165) is 22.3 Å². The maximum atomic E-state index is 13.1. The van der Waals surface area contributed by atoms with Gasteiger partial charge in [0.05, 0.1) is 17.3 Å². The van der Waals surface area contributed by atoms with Gasteiger partial charge in [0.25, 0.3) is 0 Å². The number of Topliss-reactive ketones (excluding diaryl/α,β-unsaturated/α-hetero) is 1. The highest BCUT2D eigenvalue weighted by molar-refractivity contribution is 5.96. The zero-order valence-electron chi connectivity index (χ0n) is 31.1. The van der Waals surface area contributed by atoms with Crippen LogP contribution in [-0.2, 0) is 19.1 Å². The Bertz CT molecular complexity index is 1510. The van der Waals surface area contributed by atoms with E-state index in [2.05, 4.69) is 19.6 Å². The molecule has 0 aromatic carbocycles. The van der Waals surface area contributed by atoms with Crippen molar-refractivity contribution < 1.29 is 29.3 Å². The van der Waals surface area contributed by atoms with E-state index >= 15 is 0 Å². The molecule has 48 heavy (non-hydrogen) atoms. The first-order valence-corrected chi connectivity index (χ1v) is 17.1. The number of carbonyl (C=O) groups is 2.